The van der Waals surface area contributed by atoms with Crippen LogP contribution in [0.15, 0.2) is 48.5 Å². The molecule has 0 spiro atoms. The summed E-state index contributed by atoms with van der Waals surface area (Å²) in [5.41, 5.74) is 4.08. The molecule has 0 fully saturated rings. The highest BCUT2D eigenvalue weighted by Gasteiger charge is 2.27. The summed E-state index contributed by atoms with van der Waals surface area (Å²) in [5.74, 6) is 0.469. The third kappa shape index (κ3) is 4.96. The third-order valence-electron chi connectivity index (χ3n) is 6.93. The summed E-state index contributed by atoms with van der Waals surface area (Å²) in [4.78, 5) is 32.6. The number of hydrogen-bond acceptors (Lipinski definition) is 7. The second kappa shape index (κ2) is 11.2. The Labute approximate surface area is 225 Å². The quantitative estimate of drug-likeness (QED) is 0.280. The van der Waals surface area contributed by atoms with E-state index in [0.717, 1.165) is 53.5 Å². The predicted octanol–water partition coefficient (Wildman–Crippen LogP) is 6.68. The van der Waals surface area contributed by atoms with Crippen LogP contribution in [0, 0.1) is 0 Å². The fourth-order valence-electron chi connectivity index (χ4n) is 5.00. The fourth-order valence-corrected chi connectivity index (χ4v) is 6.28. The molecule has 0 saturated heterocycles. The van der Waals surface area contributed by atoms with Crippen LogP contribution in [0.1, 0.15) is 56.8 Å². The highest BCUT2D eigenvalue weighted by atomic mass is 32.1. The molecule has 0 radical (unpaired) electrons. The van der Waals surface area contributed by atoms with Crippen LogP contribution >= 0.6 is 11.3 Å². The van der Waals surface area contributed by atoms with Gasteiger partial charge in [0.1, 0.15) is 5.00 Å². The number of aromatic nitrogens is 1. The second-order valence-electron chi connectivity index (χ2n) is 9.21. The Balaban J connectivity index is 1.58. The molecular formula is C30H30N2O5S. The number of anilines is 1. The largest absolute Gasteiger partial charge is 0.493 e. The molecule has 1 aliphatic carbocycles. The number of methoxy groups -OCH3 is 3. The molecule has 2 aromatic carbocycles. The number of nitrogens with zero attached hydrogens (tertiary/aromatic N) is 1. The standard InChI is InChI=1S/C30H30N2O5S/c1-35-24-15-14-18(16-25(24)36-2)23-17-21(19-10-8-9-12-22(19)31-23)28(33)32-29-27(30(34)37-3)20-11-6-4-5-7-13-26(20)38-29/h8-10,12,14-17H,4-7,11,13H2,1-3H3,(H,32,33). The molecule has 8 heteroatoms. The summed E-state index contributed by atoms with van der Waals surface area (Å²) < 4.78 is 16.0. The van der Waals surface area contributed by atoms with Crippen LogP contribution in [-0.4, -0.2) is 38.2 Å². The molecule has 1 aliphatic rings. The van der Waals surface area contributed by atoms with Gasteiger partial charge in [0.15, 0.2) is 11.5 Å². The molecular weight excluding hydrogens is 500 g/mol. The number of esters is 1. The molecule has 7 nitrogen and oxygen atoms in total. The van der Waals surface area contributed by atoms with Gasteiger partial charge in [0.05, 0.1) is 43.7 Å². The first-order chi connectivity index (χ1) is 18.5. The van der Waals surface area contributed by atoms with Crippen molar-refractivity contribution >= 4 is 39.1 Å². The minimum absolute atomic E-state index is 0.301. The van der Waals surface area contributed by atoms with E-state index < -0.39 is 5.97 Å². The van der Waals surface area contributed by atoms with Gasteiger partial charge >= 0.3 is 5.97 Å². The fraction of sp³-hybridized carbons (Fsp3) is 0.300. The first kappa shape index (κ1) is 25.7. The van der Waals surface area contributed by atoms with Gasteiger partial charge in [-0.05, 0) is 61.6 Å². The Morgan fingerprint density at radius 1 is 0.895 bits per heavy atom. The minimum Gasteiger partial charge on any atom is -0.493 e. The van der Waals surface area contributed by atoms with E-state index >= 15 is 0 Å². The van der Waals surface area contributed by atoms with Crippen LogP contribution in [-0.2, 0) is 17.6 Å². The molecule has 38 heavy (non-hydrogen) atoms. The van der Waals surface area contributed by atoms with E-state index in [4.69, 9.17) is 19.2 Å². The lowest BCUT2D eigenvalue weighted by molar-refractivity contribution is 0.0601. The Morgan fingerprint density at radius 3 is 2.42 bits per heavy atom. The zero-order valence-electron chi connectivity index (χ0n) is 21.8. The number of para-hydroxylation sites is 1. The number of fused-ring (bicyclic) bond motifs is 2. The molecule has 0 unspecified atom stereocenters. The number of benzene rings is 2. The molecule has 2 aromatic heterocycles. The van der Waals surface area contributed by atoms with Crippen molar-refractivity contribution in [3.63, 3.8) is 0 Å². The van der Waals surface area contributed by atoms with Crippen molar-refractivity contribution in [2.75, 3.05) is 26.6 Å². The smallest absolute Gasteiger partial charge is 0.341 e. The van der Waals surface area contributed by atoms with Crippen molar-refractivity contribution in [3.05, 3.63) is 70.1 Å². The Kier molecular flexibility index (Phi) is 7.60. The van der Waals surface area contributed by atoms with Gasteiger partial charge in [-0.1, -0.05) is 31.0 Å². The number of hydrogen-bond donors (Lipinski definition) is 1. The van der Waals surface area contributed by atoms with Crippen molar-refractivity contribution in [1.29, 1.82) is 0 Å². The summed E-state index contributed by atoms with van der Waals surface area (Å²) in [6.07, 6.45) is 6.12. The first-order valence-corrected chi connectivity index (χ1v) is 13.5. The van der Waals surface area contributed by atoms with Crippen molar-refractivity contribution in [1.82, 2.24) is 4.98 Å². The lowest BCUT2D eigenvalue weighted by Crippen LogP contribution is -2.15. The summed E-state index contributed by atoms with van der Waals surface area (Å²) >= 11 is 1.49. The SMILES string of the molecule is COC(=O)c1c(NC(=O)c2cc(-c3ccc(OC)c(OC)c3)nc3ccccc23)sc2c1CCCCCC2. The molecule has 1 N–H and O–H groups in total. The number of amides is 1. The number of ether oxygens (including phenoxy) is 3. The molecule has 0 aliphatic heterocycles. The first-order valence-electron chi connectivity index (χ1n) is 12.7. The summed E-state index contributed by atoms with van der Waals surface area (Å²) in [5, 5.41) is 4.33. The number of rotatable bonds is 6. The van der Waals surface area contributed by atoms with Crippen molar-refractivity contribution in [2.45, 2.75) is 38.5 Å². The van der Waals surface area contributed by atoms with Gasteiger partial charge in [0, 0.05) is 15.8 Å². The van der Waals surface area contributed by atoms with Gasteiger partial charge in [-0.2, -0.15) is 0 Å². The lowest BCUT2D eigenvalue weighted by atomic mass is 9.96. The maximum absolute atomic E-state index is 13.8. The summed E-state index contributed by atoms with van der Waals surface area (Å²) in [6, 6.07) is 14.9. The monoisotopic (exact) mass is 530 g/mol. The average molecular weight is 531 g/mol. The normalized spacial score (nSPS) is 13.2. The Bertz CT molecular complexity index is 1510. The number of nitrogens with one attached hydrogen (secondary N) is 1. The Morgan fingerprint density at radius 2 is 1.66 bits per heavy atom. The number of aryl methyl sites for hydroxylation is 1. The number of thiophene rings is 1. The van der Waals surface area contributed by atoms with Crippen LogP contribution in [0.3, 0.4) is 0 Å². The van der Waals surface area contributed by atoms with Gasteiger partial charge in [-0.3, -0.25) is 4.79 Å². The second-order valence-corrected chi connectivity index (χ2v) is 10.3. The number of pyridine rings is 1. The topological polar surface area (TPSA) is 86.8 Å². The molecule has 196 valence electrons. The van der Waals surface area contributed by atoms with Crippen LogP contribution < -0.4 is 14.8 Å². The van der Waals surface area contributed by atoms with E-state index in [0.29, 0.717) is 38.8 Å². The molecule has 0 bridgehead atoms. The highest BCUT2D eigenvalue weighted by molar-refractivity contribution is 7.17. The molecule has 2 heterocycles. The predicted molar refractivity (Wildman–Crippen MR) is 150 cm³/mol. The zero-order chi connectivity index (χ0) is 26.6. The minimum atomic E-state index is -0.413. The van der Waals surface area contributed by atoms with Gasteiger partial charge in [-0.25, -0.2) is 9.78 Å². The molecule has 0 saturated carbocycles. The van der Waals surface area contributed by atoms with E-state index in [1.165, 1.54) is 24.9 Å². The van der Waals surface area contributed by atoms with Crippen molar-refractivity contribution in [3.8, 4) is 22.8 Å². The number of carbonyl (C=O) groups excluding carboxylic acids is 2. The van der Waals surface area contributed by atoms with Gasteiger partial charge in [-0.15, -0.1) is 11.3 Å². The number of carbonyl (C=O) groups is 2. The summed E-state index contributed by atoms with van der Waals surface area (Å²) in [7, 11) is 4.55. The Hall–Kier alpha value is -3.91. The zero-order valence-corrected chi connectivity index (χ0v) is 22.6. The summed E-state index contributed by atoms with van der Waals surface area (Å²) in [6.45, 7) is 0. The molecule has 4 aromatic rings. The maximum atomic E-state index is 13.8. The molecule has 0 atom stereocenters. The van der Waals surface area contributed by atoms with Crippen LogP contribution in [0.25, 0.3) is 22.2 Å². The van der Waals surface area contributed by atoms with Gasteiger partial charge < -0.3 is 19.5 Å². The average Bonchev–Trinajstić information content (AvgIpc) is 3.26. The highest BCUT2D eigenvalue weighted by Crippen LogP contribution is 2.38. The van der Waals surface area contributed by atoms with Crippen LogP contribution in [0.2, 0.25) is 0 Å². The van der Waals surface area contributed by atoms with Crippen LogP contribution in [0.4, 0.5) is 5.00 Å². The maximum Gasteiger partial charge on any atom is 0.341 e. The van der Waals surface area contributed by atoms with Crippen molar-refractivity contribution < 1.29 is 23.8 Å². The van der Waals surface area contributed by atoms with E-state index in [-0.39, 0.29) is 5.91 Å². The van der Waals surface area contributed by atoms with Gasteiger partial charge in [0.2, 0.25) is 0 Å². The van der Waals surface area contributed by atoms with Gasteiger partial charge in [0.25, 0.3) is 5.91 Å². The lowest BCUT2D eigenvalue weighted by Gasteiger charge is -2.13. The molecule has 1 amide bonds. The van der Waals surface area contributed by atoms with Crippen LogP contribution in [0.5, 0.6) is 11.5 Å². The molecule has 5 rings (SSSR count). The van der Waals surface area contributed by atoms with E-state index in [9.17, 15) is 9.59 Å². The van der Waals surface area contributed by atoms with E-state index in [2.05, 4.69) is 5.32 Å². The third-order valence-corrected chi connectivity index (χ3v) is 8.14. The van der Waals surface area contributed by atoms with Crippen molar-refractivity contribution in [2.24, 2.45) is 0 Å². The van der Waals surface area contributed by atoms with E-state index in [1.54, 1.807) is 20.3 Å². The van der Waals surface area contributed by atoms with E-state index in [1.807, 2.05) is 42.5 Å².